The van der Waals surface area contributed by atoms with Crippen molar-refractivity contribution < 1.29 is 14.3 Å². The first-order chi connectivity index (χ1) is 12.0. The van der Waals surface area contributed by atoms with E-state index in [-0.39, 0.29) is 24.3 Å². The van der Waals surface area contributed by atoms with Gasteiger partial charge in [0.25, 0.3) is 5.91 Å². The number of rotatable bonds is 7. The number of ether oxygens (including phenoxy) is 1. The standard InChI is InChI=1S/C19H29N3O3/c1-15-4-6-17(7-5-15)25-14-18(23)22-11-8-16(9-12-22)19(24)20-10-13-21(2)3/h4-7,16H,8-14H2,1-3H3,(H,20,24). The van der Waals surface area contributed by atoms with Gasteiger partial charge in [0.2, 0.25) is 5.91 Å². The summed E-state index contributed by atoms with van der Waals surface area (Å²) in [7, 11) is 3.96. The molecule has 138 valence electrons. The van der Waals surface area contributed by atoms with Gasteiger partial charge in [0.05, 0.1) is 0 Å². The smallest absolute Gasteiger partial charge is 0.260 e. The molecule has 0 aliphatic carbocycles. The summed E-state index contributed by atoms with van der Waals surface area (Å²) in [6.45, 7) is 4.77. The van der Waals surface area contributed by atoms with Gasteiger partial charge in [-0.25, -0.2) is 0 Å². The minimum absolute atomic E-state index is 0.00392. The highest BCUT2D eigenvalue weighted by molar-refractivity contribution is 5.80. The maximum absolute atomic E-state index is 12.3. The molecule has 1 N–H and O–H groups in total. The molecular formula is C19H29N3O3. The molecule has 0 aromatic heterocycles. The summed E-state index contributed by atoms with van der Waals surface area (Å²) in [5.74, 6) is 0.787. The Bertz CT molecular complexity index is 564. The Morgan fingerprint density at radius 2 is 1.84 bits per heavy atom. The predicted molar refractivity (Wildman–Crippen MR) is 97.5 cm³/mol. The number of amides is 2. The van der Waals surface area contributed by atoms with Crippen LogP contribution in [0.25, 0.3) is 0 Å². The van der Waals surface area contributed by atoms with Crippen LogP contribution >= 0.6 is 0 Å². The molecule has 1 heterocycles. The molecule has 6 nitrogen and oxygen atoms in total. The van der Waals surface area contributed by atoms with E-state index in [9.17, 15) is 9.59 Å². The van der Waals surface area contributed by atoms with Crippen LogP contribution in [0.2, 0.25) is 0 Å². The fraction of sp³-hybridized carbons (Fsp3) is 0.579. The van der Waals surface area contributed by atoms with E-state index in [1.165, 1.54) is 0 Å². The van der Waals surface area contributed by atoms with Crippen LogP contribution in [0.15, 0.2) is 24.3 Å². The van der Waals surface area contributed by atoms with E-state index in [1.807, 2.05) is 50.2 Å². The number of likely N-dealkylation sites (N-methyl/N-ethyl adjacent to an activating group) is 1. The van der Waals surface area contributed by atoms with E-state index in [1.54, 1.807) is 4.90 Å². The lowest BCUT2D eigenvalue weighted by molar-refractivity contribution is -0.137. The van der Waals surface area contributed by atoms with Gasteiger partial charge in [-0.1, -0.05) is 17.7 Å². The zero-order chi connectivity index (χ0) is 18.2. The minimum atomic E-state index is -0.0213. The average Bonchev–Trinajstić information content (AvgIpc) is 2.60. The van der Waals surface area contributed by atoms with Gasteiger partial charge in [0.1, 0.15) is 5.75 Å². The molecule has 0 spiro atoms. The molecule has 2 amide bonds. The lowest BCUT2D eigenvalue weighted by atomic mass is 9.96. The van der Waals surface area contributed by atoms with Crippen molar-refractivity contribution in [3.05, 3.63) is 29.8 Å². The number of nitrogens with zero attached hydrogens (tertiary/aromatic N) is 2. The van der Waals surface area contributed by atoms with Crippen molar-refractivity contribution in [2.45, 2.75) is 19.8 Å². The molecule has 0 bridgehead atoms. The Kier molecular flexibility index (Phi) is 7.25. The van der Waals surface area contributed by atoms with Gasteiger partial charge in [-0.2, -0.15) is 0 Å². The van der Waals surface area contributed by atoms with Crippen molar-refractivity contribution in [2.24, 2.45) is 5.92 Å². The number of likely N-dealkylation sites (tertiary alicyclic amines) is 1. The molecule has 6 heteroatoms. The molecule has 1 aromatic carbocycles. The van der Waals surface area contributed by atoms with Crippen LogP contribution in [-0.4, -0.2) is 68.5 Å². The number of hydrogen-bond acceptors (Lipinski definition) is 4. The maximum atomic E-state index is 12.3. The fourth-order valence-corrected chi connectivity index (χ4v) is 2.81. The van der Waals surface area contributed by atoms with E-state index >= 15 is 0 Å². The number of piperidine rings is 1. The van der Waals surface area contributed by atoms with E-state index < -0.39 is 0 Å². The normalized spacial score (nSPS) is 15.3. The number of nitrogens with one attached hydrogen (secondary N) is 1. The topological polar surface area (TPSA) is 61.9 Å². The second-order valence-electron chi connectivity index (χ2n) is 6.85. The van der Waals surface area contributed by atoms with E-state index in [0.717, 1.165) is 12.1 Å². The molecule has 2 rings (SSSR count). The number of aryl methyl sites for hydroxylation is 1. The SMILES string of the molecule is Cc1ccc(OCC(=O)N2CCC(C(=O)NCCN(C)C)CC2)cc1. The predicted octanol–water partition coefficient (Wildman–Crippen LogP) is 1.29. The summed E-state index contributed by atoms with van der Waals surface area (Å²) in [6.07, 6.45) is 1.42. The molecule has 1 saturated heterocycles. The van der Waals surface area contributed by atoms with Gasteiger partial charge < -0.3 is 19.9 Å². The van der Waals surface area contributed by atoms with Crippen LogP contribution in [0.3, 0.4) is 0 Å². The van der Waals surface area contributed by atoms with Crippen LogP contribution in [0.4, 0.5) is 0 Å². The fourth-order valence-electron chi connectivity index (χ4n) is 2.81. The quantitative estimate of drug-likeness (QED) is 0.807. The van der Waals surface area contributed by atoms with E-state index in [4.69, 9.17) is 4.74 Å². The molecule has 1 aromatic rings. The summed E-state index contributed by atoms with van der Waals surface area (Å²) >= 11 is 0. The van der Waals surface area contributed by atoms with Gasteiger partial charge in [0, 0.05) is 32.1 Å². The third-order valence-corrected chi connectivity index (χ3v) is 4.46. The zero-order valence-corrected chi connectivity index (χ0v) is 15.5. The first kappa shape index (κ1) is 19.2. The van der Waals surface area contributed by atoms with E-state index in [0.29, 0.717) is 38.2 Å². The Balaban J connectivity index is 1.69. The van der Waals surface area contributed by atoms with Crippen molar-refractivity contribution in [3.63, 3.8) is 0 Å². The monoisotopic (exact) mass is 347 g/mol. The Hall–Kier alpha value is -2.08. The number of carbonyl (C=O) groups excluding carboxylic acids is 2. The van der Waals surface area contributed by atoms with Gasteiger partial charge in [0.15, 0.2) is 6.61 Å². The van der Waals surface area contributed by atoms with Crippen molar-refractivity contribution in [2.75, 3.05) is 46.9 Å². The highest BCUT2D eigenvalue weighted by Crippen LogP contribution is 2.18. The highest BCUT2D eigenvalue weighted by Gasteiger charge is 2.27. The molecule has 25 heavy (non-hydrogen) atoms. The third kappa shape index (κ3) is 6.38. The second kappa shape index (κ2) is 9.42. The highest BCUT2D eigenvalue weighted by atomic mass is 16.5. The van der Waals surface area contributed by atoms with E-state index in [2.05, 4.69) is 5.32 Å². The summed E-state index contributed by atoms with van der Waals surface area (Å²) in [4.78, 5) is 28.2. The van der Waals surface area contributed by atoms with Crippen molar-refractivity contribution in [1.82, 2.24) is 15.1 Å². The molecule has 1 fully saturated rings. The van der Waals surface area contributed by atoms with Gasteiger partial charge in [-0.15, -0.1) is 0 Å². The number of carbonyl (C=O) groups is 2. The van der Waals surface area contributed by atoms with Crippen molar-refractivity contribution in [3.8, 4) is 5.75 Å². The Morgan fingerprint density at radius 1 is 1.20 bits per heavy atom. The van der Waals surface area contributed by atoms with Gasteiger partial charge in [-0.05, 0) is 46.0 Å². The first-order valence-corrected chi connectivity index (χ1v) is 8.85. The summed E-state index contributed by atoms with van der Waals surface area (Å²) < 4.78 is 5.55. The summed E-state index contributed by atoms with van der Waals surface area (Å²) in [5, 5.41) is 2.97. The molecule has 1 aliphatic rings. The van der Waals surface area contributed by atoms with Crippen LogP contribution in [0.1, 0.15) is 18.4 Å². The third-order valence-electron chi connectivity index (χ3n) is 4.46. The largest absolute Gasteiger partial charge is 0.484 e. The molecular weight excluding hydrogens is 318 g/mol. The Labute approximate surface area is 150 Å². The van der Waals surface area contributed by atoms with Crippen molar-refractivity contribution >= 4 is 11.8 Å². The van der Waals surface area contributed by atoms with Gasteiger partial charge in [-0.3, -0.25) is 9.59 Å². The minimum Gasteiger partial charge on any atom is -0.484 e. The molecule has 1 aliphatic heterocycles. The van der Waals surface area contributed by atoms with Crippen molar-refractivity contribution in [1.29, 1.82) is 0 Å². The Morgan fingerprint density at radius 3 is 2.44 bits per heavy atom. The number of hydrogen-bond donors (Lipinski definition) is 1. The average molecular weight is 347 g/mol. The van der Waals surface area contributed by atoms with Crippen LogP contribution in [0.5, 0.6) is 5.75 Å². The molecule has 0 radical (unpaired) electrons. The summed E-state index contributed by atoms with van der Waals surface area (Å²) in [6, 6.07) is 7.65. The second-order valence-corrected chi connectivity index (χ2v) is 6.85. The lowest BCUT2D eigenvalue weighted by Gasteiger charge is -2.31. The maximum Gasteiger partial charge on any atom is 0.260 e. The van der Waals surface area contributed by atoms with Crippen LogP contribution in [0, 0.1) is 12.8 Å². The van der Waals surface area contributed by atoms with Crippen LogP contribution in [-0.2, 0) is 9.59 Å². The zero-order valence-electron chi connectivity index (χ0n) is 15.5. The molecule has 0 unspecified atom stereocenters. The summed E-state index contributed by atoms with van der Waals surface area (Å²) in [5.41, 5.74) is 1.16. The molecule has 0 atom stereocenters. The van der Waals surface area contributed by atoms with Gasteiger partial charge >= 0.3 is 0 Å². The first-order valence-electron chi connectivity index (χ1n) is 8.85. The van der Waals surface area contributed by atoms with Crippen LogP contribution < -0.4 is 10.1 Å². The number of benzene rings is 1. The molecule has 0 saturated carbocycles. The lowest BCUT2D eigenvalue weighted by Crippen LogP contribution is -2.45.